The summed E-state index contributed by atoms with van der Waals surface area (Å²) in [5.41, 5.74) is 6.87. The molecule has 3 aromatic rings. The standard InChI is InChI=1S/C33H40Cl2FN5O5/c1-5-17(3)26(29(37)42)39-31(44)33(11-10-25-23(15-33)22-13-20(34)14-24(35)28(22)38-25)41-30(43)27(18(4)6-2)40-32(45)46-16-19-8-7-9-21(36)12-19/h7-9,12-14,17-18,26-27,38H,5-6,10-11,15-16H2,1-4H3,(H2,37,42)(H,39,44)(H,40,45)(H,41,43)/t17-,18?,26-,27?,33+/m0/s1. The Morgan fingerprint density at radius 3 is 2.39 bits per heavy atom. The molecule has 0 fully saturated rings. The van der Waals surface area contributed by atoms with Crippen molar-refractivity contribution in [3.8, 4) is 0 Å². The summed E-state index contributed by atoms with van der Waals surface area (Å²) in [6.45, 7) is 7.14. The largest absolute Gasteiger partial charge is 0.445 e. The maximum absolute atomic E-state index is 14.2. The van der Waals surface area contributed by atoms with Crippen LogP contribution in [0.15, 0.2) is 36.4 Å². The molecule has 0 radical (unpaired) electrons. The molecule has 6 N–H and O–H groups in total. The van der Waals surface area contributed by atoms with Crippen molar-refractivity contribution < 1.29 is 28.3 Å². The normalized spacial score (nSPS) is 18.5. The summed E-state index contributed by atoms with van der Waals surface area (Å²) in [4.78, 5) is 56.8. The zero-order valence-corrected chi connectivity index (χ0v) is 27.8. The Labute approximate surface area is 277 Å². The van der Waals surface area contributed by atoms with Crippen LogP contribution in [0, 0.1) is 17.7 Å². The SMILES string of the molecule is CCC(C)C(NC(=O)OCc1cccc(F)c1)C(=O)N[C@]1(C(=O)N[C@H](C(N)=O)[C@@H](C)CC)CCc2[nH]c3c(Cl)cc(Cl)cc3c2C1. The smallest absolute Gasteiger partial charge is 0.408 e. The summed E-state index contributed by atoms with van der Waals surface area (Å²) in [6, 6.07) is 6.95. The van der Waals surface area contributed by atoms with Crippen LogP contribution in [0.4, 0.5) is 9.18 Å². The Kier molecular flexibility index (Phi) is 11.2. The van der Waals surface area contributed by atoms with Crippen LogP contribution in [-0.4, -0.2) is 46.4 Å². The Hall–Kier alpha value is -3.83. The fourth-order valence-electron chi connectivity index (χ4n) is 5.80. The molecule has 2 unspecified atom stereocenters. The summed E-state index contributed by atoms with van der Waals surface area (Å²) < 4.78 is 18.9. The molecule has 1 aliphatic rings. The molecule has 4 rings (SSSR count). The van der Waals surface area contributed by atoms with E-state index in [0.29, 0.717) is 45.8 Å². The van der Waals surface area contributed by atoms with Crippen LogP contribution in [0.25, 0.3) is 10.9 Å². The molecule has 5 atom stereocenters. The average Bonchev–Trinajstić information content (AvgIpc) is 3.38. The number of hydrogen-bond donors (Lipinski definition) is 5. The monoisotopic (exact) mass is 675 g/mol. The van der Waals surface area contributed by atoms with E-state index in [-0.39, 0.29) is 31.3 Å². The first kappa shape index (κ1) is 35.0. The number of H-pyrrole nitrogens is 1. The van der Waals surface area contributed by atoms with Crippen molar-refractivity contribution in [2.45, 2.75) is 84.0 Å². The molecule has 1 aromatic heterocycles. The van der Waals surface area contributed by atoms with E-state index in [1.807, 2.05) is 20.8 Å². The van der Waals surface area contributed by atoms with E-state index in [1.54, 1.807) is 25.1 Å². The molecule has 0 saturated heterocycles. The lowest BCUT2D eigenvalue weighted by Gasteiger charge is -2.39. The second-order valence-corrected chi connectivity index (χ2v) is 12.9. The lowest BCUT2D eigenvalue weighted by atomic mass is 9.78. The minimum absolute atomic E-state index is 0.0554. The van der Waals surface area contributed by atoms with Gasteiger partial charge in [0.05, 0.1) is 10.5 Å². The van der Waals surface area contributed by atoms with Gasteiger partial charge in [-0.3, -0.25) is 14.4 Å². The van der Waals surface area contributed by atoms with Crippen LogP contribution >= 0.6 is 23.2 Å². The highest BCUT2D eigenvalue weighted by Crippen LogP contribution is 2.38. The quantitative estimate of drug-likeness (QED) is 0.176. The van der Waals surface area contributed by atoms with Crippen LogP contribution in [0.3, 0.4) is 0 Å². The highest BCUT2D eigenvalue weighted by Gasteiger charge is 2.46. The fourth-order valence-corrected chi connectivity index (χ4v) is 6.34. The number of carbonyl (C=O) groups excluding carboxylic acids is 4. The van der Waals surface area contributed by atoms with E-state index in [4.69, 9.17) is 33.7 Å². The van der Waals surface area contributed by atoms with Crippen molar-refractivity contribution in [2.75, 3.05) is 0 Å². The van der Waals surface area contributed by atoms with Crippen LogP contribution < -0.4 is 21.7 Å². The van der Waals surface area contributed by atoms with E-state index in [2.05, 4.69) is 20.9 Å². The lowest BCUT2D eigenvalue weighted by molar-refractivity contribution is -0.137. The second-order valence-electron chi connectivity index (χ2n) is 12.1. The highest BCUT2D eigenvalue weighted by molar-refractivity contribution is 6.38. The summed E-state index contributed by atoms with van der Waals surface area (Å²) >= 11 is 12.8. The molecule has 1 heterocycles. The van der Waals surface area contributed by atoms with Crippen LogP contribution in [0.5, 0.6) is 0 Å². The molecule has 0 spiro atoms. The topological polar surface area (TPSA) is 155 Å². The van der Waals surface area contributed by atoms with Gasteiger partial charge in [0, 0.05) is 22.5 Å². The Bertz CT molecular complexity index is 1630. The molecular weight excluding hydrogens is 636 g/mol. The number of aromatic nitrogens is 1. The summed E-state index contributed by atoms with van der Waals surface area (Å²) in [5.74, 6) is -2.96. The van der Waals surface area contributed by atoms with Crippen molar-refractivity contribution in [1.82, 2.24) is 20.9 Å². The van der Waals surface area contributed by atoms with Gasteiger partial charge < -0.3 is 31.4 Å². The van der Waals surface area contributed by atoms with E-state index in [0.717, 1.165) is 11.3 Å². The number of halogens is 3. The zero-order valence-electron chi connectivity index (χ0n) is 26.3. The van der Waals surface area contributed by atoms with E-state index < -0.39 is 47.3 Å². The van der Waals surface area contributed by atoms with Gasteiger partial charge in [-0.2, -0.15) is 0 Å². The Balaban J connectivity index is 1.66. The van der Waals surface area contributed by atoms with Crippen LogP contribution in [0.2, 0.25) is 10.0 Å². The third-order valence-electron chi connectivity index (χ3n) is 8.93. The number of amides is 4. The van der Waals surface area contributed by atoms with E-state index in [1.165, 1.54) is 18.2 Å². The molecule has 248 valence electrons. The minimum atomic E-state index is -1.52. The van der Waals surface area contributed by atoms with Crippen molar-refractivity contribution in [2.24, 2.45) is 17.6 Å². The highest BCUT2D eigenvalue weighted by atomic mass is 35.5. The van der Waals surface area contributed by atoms with Gasteiger partial charge in [0.1, 0.15) is 30.0 Å². The fraction of sp³-hybridized carbons (Fsp3) is 0.455. The average molecular weight is 677 g/mol. The Morgan fingerprint density at radius 1 is 1.04 bits per heavy atom. The molecule has 2 aromatic carbocycles. The van der Waals surface area contributed by atoms with Gasteiger partial charge in [-0.15, -0.1) is 0 Å². The van der Waals surface area contributed by atoms with Crippen molar-refractivity contribution >= 4 is 57.9 Å². The van der Waals surface area contributed by atoms with Crippen molar-refractivity contribution in [3.05, 3.63) is 69.1 Å². The van der Waals surface area contributed by atoms with Gasteiger partial charge in [0.2, 0.25) is 17.7 Å². The number of hydrogen-bond acceptors (Lipinski definition) is 5. The molecular formula is C33H40Cl2FN5O5. The molecule has 0 bridgehead atoms. The number of alkyl carbamates (subject to hydrolysis) is 1. The number of rotatable bonds is 12. The lowest BCUT2D eigenvalue weighted by Crippen LogP contribution is -2.67. The number of primary amides is 1. The van der Waals surface area contributed by atoms with E-state index in [9.17, 15) is 23.6 Å². The van der Waals surface area contributed by atoms with Gasteiger partial charge in [-0.05, 0) is 60.1 Å². The number of ether oxygens (including phenoxy) is 1. The molecule has 4 amide bonds. The molecule has 46 heavy (non-hydrogen) atoms. The third kappa shape index (κ3) is 7.75. The zero-order chi connectivity index (χ0) is 33.8. The molecule has 10 nitrogen and oxygen atoms in total. The molecule has 1 aliphatic carbocycles. The first-order chi connectivity index (χ1) is 21.8. The Morgan fingerprint density at radius 2 is 1.74 bits per heavy atom. The molecule has 0 aliphatic heterocycles. The summed E-state index contributed by atoms with van der Waals surface area (Å²) in [5, 5.41) is 9.93. The predicted octanol–water partition coefficient (Wildman–Crippen LogP) is 5.31. The maximum atomic E-state index is 14.2. The minimum Gasteiger partial charge on any atom is -0.445 e. The van der Waals surface area contributed by atoms with Crippen molar-refractivity contribution in [1.29, 1.82) is 0 Å². The first-order valence-electron chi connectivity index (χ1n) is 15.4. The number of aromatic amines is 1. The van der Waals surface area contributed by atoms with Gasteiger partial charge in [0.25, 0.3) is 0 Å². The number of benzene rings is 2. The van der Waals surface area contributed by atoms with Gasteiger partial charge >= 0.3 is 6.09 Å². The summed E-state index contributed by atoms with van der Waals surface area (Å²) in [6.07, 6.45) is 0.824. The first-order valence-corrected chi connectivity index (χ1v) is 16.1. The van der Waals surface area contributed by atoms with Gasteiger partial charge in [-0.1, -0.05) is 75.9 Å². The number of carbonyl (C=O) groups is 4. The van der Waals surface area contributed by atoms with Gasteiger partial charge in [-0.25, -0.2) is 9.18 Å². The third-order valence-corrected chi connectivity index (χ3v) is 9.45. The number of nitrogens with two attached hydrogens (primary N) is 1. The number of aryl methyl sites for hydroxylation is 1. The molecule has 13 heteroatoms. The van der Waals surface area contributed by atoms with Crippen LogP contribution in [0.1, 0.15) is 63.8 Å². The molecule has 0 saturated carbocycles. The number of fused-ring (bicyclic) bond motifs is 3. The van der Waals surface area contributed by atoms with E-state index >= 15 is 0 Å². The van der Waals surface area contributed by atoms with Crippen LogP contribution in [-0.2, 0) is 38.6 Å². The predicted molar refractivity (Wildman–Crippen MR) is 175 cm³/mol. The number of nitrogens with one attached hydrogen (secondary N) is 4. The van der Waals surface area contributed by atoms with Gasteiger partial charge in [0.15, 0.2) is 0 Å². The van der Waals surface area contributed by atoms with Crippen molar-refractivity contribution in [3.63, 3.8) is 0 Å². The summed E-state index contributed by atoms with van der Waals surface area (Å²) in [7, 11) is 0. The second kappa shape index (κ2) is 14.7. The maximum Gasteiger partial charge on any atom is 0.408 e.